The number of benzene rings is 2. The summed E-state index contributed by atoms with van der Waals surface area (Å²) in [6.45, 7) is 9.01. The van der Waals surface area contributed by atoms with Gasteiger partial charge < -0.3 is 19.5 Å². The van der Waals surface area contributed by atoms with Gasteiger partial charge in [0.05, 0.1) is 35.0 Å². The normalized spacial score (nSPS) is 10.7. The Morgan fingerprint density at radius 1 is 1.00 bits per heavy atom. The Bertz CT molecular complexity index is 957. The molecule has 148 valence electrons. The predicted molar refractivity (Wildman–Crippen MR) is 112 cm³/mol. The molecule has 1 amide bonds. The zero-order valence-corrected chi connectivity index (χ0v) is 17.3. The molecule has 1 heterocycles. The highest BCUT2D eigenvalue weighted by Crippen LogP contribution is 2.39. The summed E-state index contributed by atoms with van der Waals surface area (Å²) >= 11 is 1.60. The molecule has 0 saturated carbocycles. The van der Waals surface area contributed by atoms with Crippen molar-refractivity contribution in [1.29, 1.82) is 0 Å². The third-order valence-electron chi connectivity index (χ3n) is 3.92. The van der Waals surface area contributed by atoms with E-state index in [-0.39, 0.29) is 5.91 Å². The molecular weight excluding hydrogens is 376 g/mol. The van der Waals surface area contributed by atoms with E-state index >= 15 is 0 Å². The van der Waals surface area contributed by atoms with Crippen LogP contribution in [-0.2, 0) is 0 Å². The number of carbonyl (C=O) groups excluding carboxylic acids is 1. The molecule has 0 fully saturated rings. The third kappa shape index (κ3) is 4.36. The Morgan fingerprint density at radius 2 is 1.64 bits per heavy atom. The van der Waals surface area contributed by atoms with Gasteiger partial charge in [-0.3, -0.25) is 4.79 Å². The lowest BCUT2D eigenvalue weighted by Gasteiger charge is -2.17. The molecule has 0 aliphatic carbocycles. The zero-order valence-electron chi connectivity index (χ0n) is 16.5. The number of aryl methyl sites for hydroxylation is 1. The van der Waals surface area contributed by atoms with Gasteiger partial charge in [-0.25, -0.2) is 4.98 Å². The molecule has 0 aliphatic heterocycles. The van der Waals surface area contributed by atoms with Crippen LogP contribution in [0.25, 0.3) is 10.2 Å². The van der Waals surface area contributed by atoms with Gasteiger partial charge in [-0.05, 0) is 58.0 Å². The summed E-state index contributed by atoms with van der Waals surface area (Å²) in [7, 11) is 0. The average molecular weight is 401 g/mol. The van der Waals surface area contributed by atoms with Crippen LogP contribution in [0.4, 0.5) is 5.69 Å². The maximum Gasteiger partial charge on any atom is 0.255 e. The third-order valence-corrected chi connectivity index (χ3v) is 4.86. The van der Waals surface area contributed by atoms with E-state index in [0.717, 1.165) is 15.2 Å². The number of hydrogen-bond donors (Lipinski definition) is 1. The summed E-state index contributed by atoms with van der Waals surface area (Å²) < 4.78 is 18.1. The number of hydrogen-bond acceptors (Lipinski definition) is 6. The van der Waals surface area contributed by atoms with Gasteiger partial charge >= 0.3 is 0 Å². The monoisotopic (exact) mass is 400 g/mol. The van der Waals surface area contributed by atoms with Crippen molar-refractivity contribution in [2.45, 2.75) is 27.7 Å². The standard InChI is InChI=1S/C21H24N2O4S/c1-5-25-17-10-14(11-18(26-6-2)20(17)27-7-3)21(24)23-15-8-9-16-19(12-15)28-13(4)22-16/h8-12H,5-7H2,1-4H3,(H,23,24). The van der Waals surface area contributed by atoms with E-state index in [9.17, 15) is 4.79 Å². The molecule has 0 atom stereocenters. The van der Waals surface area contributed by atoms with Crippen molar-refractivity contribution >= 4 is 33.1 Å². The first-order valence-electron chi connectivity index (χ1n) is 9.30. The minimum Gasteiger partial charge on any atom is -0.490 e. The first kappa shape index (κ1) is 19.9. The number of nitrogens with zero attached hydrogens (tertiary/aromatic N) is 1. The summed E-state index contributed by atoms with van der Waals surface area (Å²) in [5, 5.41) is 3.93. The number of aromatic nitrogens is 1. The fraction of sp³-hybridized carbons (Fsp3) is 0.333. The number of carbonyl (C=O) groups is 1. The zero-order chi connectivity index (χ0) is 20.1. The number of thiazole rings is 1. The van der Waals surface area contributed by atoms with Gasteiger partial charge in [-0.15, -0.1) is 11.3 Å². The number of rotatable bonds is 8. The van der Waals surface area contributed by atoms with E-state index in [1.54, 1.807) is 23.5 Å². The fourth-order valence-corrected chi connectivity index (χ4v) is 3.71. The SMILES string of the molecule is CCOc1cc(C(=O)Nc2ccc3nc(C)sc3c2)cc(OCC)c1OCC. The van der Waals surface area contributed by atoms with Gasteiger partial charge in [-0.2, -0.15) is 0 Å². The van der Waals surface area contributed by atoms with Crippen LogP contribution in [0.5, 0.6) is 17.2 Å². The van der Waals surface area contributed by atoms with Crippen molar-refractivity contribution in [3.8, 4) is 17.2 Å². The number of fused-ring (bicyclic) bond motifs is 1. The molecule has 1 N–H and O–H groups in total. The van der Waals surface area contributed by atoms with Crippen LogP contribution in [0.15, 0.2) is 30.3 Å². The van der Waals surface area contributed by atoms with Gasteiger partial charge in [0.25, 0.3) is 5.91 Å². The summed E-state index contributed by atoms with van der Waals surface area (Å²) in [5.74, 6) is 1.26. The Hall–Kier alpha value is -2.80. The van der Waals surface area contributed by atoms with Crippen LogP contribution < -0.4 is 19.5 Å². The Morgan fingerprint density at radius 3 is 2.25 bits per heavy atom. The molecule has 3 aromatic rings. The van der Waals surface area contributed by atoms with E-state index in [2.05, 4.69) is 10.3 Å². The van der Waals surface area contributed by atoms with Crippen molar-refractivity contribution < 1.29 is 19.0 Å². The summed E-state index contributed by atoms with van der Waals surface area (Å²) in [6, 6.07) is 9.05. The van der Waals surface area contributed by atoms with Gasteiger partial charge in [0.2, 0.25) is 5.75 Å². The van der Waals surface area contributed by atoms with Crippen molar-refractivity contribution in [2.24, 2.45) is 0 Å². The van der Waals surface area contributed by atoms with E-state index in [1.165, 1.54) is 0 Å². The molecule has 0 aliphatic rings. The number of nitrogens with one attached hydrogen (secondary N) is 1. The largest absolute Gasteiger partial charge is 0.490 e. The average Bonchev–Trinajstić information content (AvgIpc) is 3.03. The molecule has 0 spiro atoms. The second kappa shape index (κ2) is 8.93. The van der Waals surface area contributed by atoms with Crippen LogP contribution in [0.2, 0.25) is 0 Å². The molecule has 0 unspecified atom stereocenters. The molecule has 28 heavy (non-hydrogen) atoms. The molecule has 2 aromatic carbocycles. The molecule has 7 heteroatoms. The second-order valence-electron chi connectivity index (χ2n) is 5.97. The van der Waals surface area contributed by atoms with Crippen LogP contribution in [0.3, 0.4) is 0 Å². The first-order chi connectivity index (χ1) is 13.5. The van der Waals surface area contributed by atoms with Crippen LogP contribution in [0, 0.1) is 6.92 Å². The summed E-state index contributed by atoms with van der Waals surface area (Å²) in [4.78, 5) is 17.3. The lowest BCUT2D eigenvalue weighted by Crippen LogP contribution is -2.13. The number of ether oxygens (including phenoxy) is 3. The molecule has 0 bridgehead atoms. The highest BCUT2D eigenvalue weighted by molar-refractivity contribution is 7.18. The summed E-state index contributed by atoms with van der Waals surface area (Å²) in [6.07, 6.45) is 0. The topological polar surface area (TPSA) is 69.7 Å². The van der Waals surface area contributed by atoms with Gasteiger partial charge in [0.1, 0.15) is 0 Å². The Labute approximate surface area is 168 Å². The Balaban J connectivity index is 1.92. The van der Waals surface area contributed by atoms with E-state index in [4.69, 9.17) is 14.2 Å². The second-order valence-corrected chi connectivity index (χ2v) is 7.20. The molecule has 0 radical (unpaired) electrons. The highest BCUT2D eigenvalue weighted by Gasteiger charge is 2.18. The number of amides is 1. The van der Waals surface area contributed by atoms with Crippen molar-refractivity contribution in [3.05, 3.63) is 40.9 Å². The lowest BCUT2D eigenvalue weighted by atomic mass is 10.1. The van der Waals surface area contributed by atoms with Gasteiger partial charge in [-0.1, -0.05) is 0 Å². The molecule has 1 aromatic heterocycles. The minimum atomic E-state index is -0.245. The van der Waals surface area contributed by atoms with Crippen LogP contribution >= 0.6 is 11.3 Å². The van der Waals surface area contributed by atoms with E-state index in [1.807, 2.05) is 45.9 Å². The summed E-state index contributed by atoms with van der Waals surface area (Å²) in [5.41, 5.74) is 2.08. The number of anilines is 1. The Kier molecular flexibility index (Phi) is 6.36. The first-order valence-corrected chi connectivity index (χ1v) is 10.1. The maximum absolute atomic E-state index is 12.9. The molecular formula is C21H24N2O4S. The lowest BCUT2D eigenvalue weighted by molar-refractivity contribution is 0.102. The van der Waals surface area contributed by atoms with Crippen molar-refractivity contribution in [2.75, 3.05) is 25.1 Å². The van der Waals surface area contributed by atoms with Gasteiger partial charge in [0.15, 0.2) is 11.5 Å². The van der Waals surface area contributed by atoms with Crippen LogP contribution in [0.1, 0.15) is 36.1 Å². The van der Waals surface area contributed by atoms with Gasteiger partial charge in [0, 0.05) is 11.3 Å². The van der Waals surface area contributed by atoms with Crippen LogP contribution in [-0.4, -0.2) is 30.7 Å². The molecule has 6 nitrogen and oxygen atoms in total. The molecule has 3 rings (SSSR count). The maximum atomic E-state index is 12.9. The smallest absolute Gasteiger partial charge is 0.255 e. The fourth-order valence-electron chi connectivity index (χ4n) is 2.84. The highest BCUT2D eigenvalue weighted by atomic mass is 32.1. The van der Waals surface area contributed by atoms with E-state index in [0.29, 0.717) is 48.3 Å². The van der Waals surface area contributed by atoms with Crippen molar-refractivity contribution in [3.63, 3.8) is 0 Å². The predicted octanol–water partition coefficient (Wildman–Crippen LogP) is 5.05. The minimum absolute atomic E-state index is 0.245. The molecule has 0 saturated heterocycles. The van der Waals surface area contributed by atoms with E-state index < -0.39 is 0 Å². The quantitative estimate of drug-likeness (QED) is 0.573. The van der Waals surface area contributed by atoms with Crippen molar-refractivity contribution in [1.82, 2.24) is 4.98 Å².